The number of anilines is 1. The Morgan fingerprint density at radius 2 is 2.00 bits per heavy atom. The highest BCUT2D eigenvalue weighted by molar-refractivity contribution is 6.03. The molecule has 1 amide bonds. The van der Waals surface area contributed by atoms with Crippen LogP contribution in [0.1, 0.15) is 23.7 Å². The molecule has 0 aliphatic carbocycles. The van der Waals surface area contributed by atoms with Crippen LogP contribution in [-0.4, -0.2) is 17.5 Å². The van der Waals surface area contributed by atoms with E-state index in [1.54, 1.807) is 42.6 Å². The Hall–Kier alpha value is -2.36. The molecule has 98 valence electrons. The van der Waals surface area contributed by atoms with E-state index in [9.17, 15) is 4.79 Å². The van der Waals surface area contributed by atoms with Gasteiger partial charge in [-0.2, -0.15) is 0 Å². The number of carbonyl (C=O) groups excluding carboxylic acids is 1. The van der Waals surface area contributed by atoms with Crippen molar-refractivity contribution in [2.75, 3.05) is 11.9 Å². The summed E-state index contributed by atoms with van der Waals surface area (Å²) in [6.45, 7) is 2.73. The SMILES string of the molecule is CCCOc1ccc(C(=O)Nc2ccccn2)cc1. The topological polar surface area (TPSA) is 51.2 Å². The Morgan fingerprint density at radius 1 is 1.21 bits per heavy atom. The second kappa shape index (κ2) is 6.54. The molecule has 2 rings (SSSR count). The zero-order valence-corrected chi connectivity index (χ0v) is 10.8. The molecule has 2 aromatic rings. The minimum absolute atomic E-state index is 0.180. The van der Waals surface area contributed by atoms with Crippen LogP contribution >= 0.6 is 0 Å². The molecule has 1 aromatic heterocycles. The summed E-state index contributed by atoms with van der Waals surface area (Å²) in [5.74, 6) is 1.13. The zero-order chi connectivity index (χ0) is 13.5. The van der Waals surface area contributed by atoms with E-state index in [1.165, 1.54) is 0 Å². The Morgan fingerprint density at radius 3 is 2.63 bits per heavy atom. The third kappa shape index (κ3) is 3.81. The molecule has 0 saturated heterocycles. The fourth-order valence-electron chi connectivity index (χ4n) is 1.55. The quantitative estimate of drug-likeness (QED) is 0.894. The van der Waals surface area contributed by atoms with Crippen LogP contribution in [0.5, 0.6) is 5.75 Å². The average Bonchev–Trinajstić information content (AvgIpc) is 2.46. The number of aromatic nitrogens is 1. The Bertz CT molecular complexity index is 524. The largest absolute Gasteiger partial charge is 0.494 e. The zero-order valence-electron chi connectivity index (χ0n) is 10.8. The van der Waals surface area contributed by atoms with Gasteiger partial charge < -0.3 is 10.1 Å². The van der Waals surface area contributed by atoms with E-state index < -0.39 is 0 Å². The summed E-state index contributed by atoms with van der Waals surface area (Å²) in [7, 11) is 0. The van der Waals surface area contributed by atoms with Crippen LogP contribution in [0.15, 0.2) is 48.7 Å². The molecule has 0 unspecified atom stereocenters. The van der Waals surface area contributed by atoms with E-state index in [1.807, 2.05) is 6.07 Å². The van der Waals surface area contributed by atoms with Gasteiger partial charge in [0.05, 0.1) is 6.61 Å². The number of hydrogen-bond donors (Lipinski definition) is 1. The van der Waals surface area contributed by atoms with Gasteiger partial charge in [0.1, 0.15) is 11.6 Å². The van der Waals surface area contributed by atoms with Gasteiger partial charge in [-0.1, -0.05) is 13.0 Å². The first kappa shape index (κ1) is 13.1. The van der Waals surface area contributed by atoms with Crippen molar-refractivity contribution in [3.63, 3.8) is 0 Å². The number of rotatable bonds is 5. The van der Waals surface area contributed by atoms with Crippen molar-refractivity contribution < 1.29 is 9.53 Å². The van der Waals surface area contributed by atoms with Crippen LogP contribution in [0.3, 0.4) is 0 Å². The van der Waals surface area contributed by atoms with Crippen molar-refractivity contribution in [3.05, 3.63) is 54.2 Å². The van der Waals surface area contributed by atoms with E-state index in [-0.39, 0.29) is 5.91 Å². The number of hydrogen-bond acceptors (Lipinski definition) is 3. The number of carbonyl (C=O) groups is 1. The van der Waals surface area contributed by atoms with Gasteiger partial charge in [0.15, 0.2) is 0 Å². The molecule has 4 nitrogen and oxygen atoms in total. The van der Waals surface area contributed by atoms with E-state index >= 15 is 0 Å². The van der Waals surface area contributed by atoms with Crippen molar-refractivity contribution in [1.29, 1.82) is 0 Å². The standard InChI is InChI=1S/C15H16N2O2/c1-2-11-19-13-8-6-12(7-9-13)15(18)17-14-5-3-4-10-16-14/h3-10H,2,11H2,1H3,(H,16,17,18). The van der Waals surface area contributed by atoms with E-state index in [2.05, 4.69) is 17.2 Å². The minimum atomic E-state index is -0.180. The molecule has 0 aliphatic heterocycles. The van der Waals surface area contributed by atoms with Crippen LogP contribution in [0.25, 0.3) is 0 Å². The summed E-state index contributed by atoms with van der Waals surface area (Å²) in [6, 6.07) is 12.4. The average molecular weight is 256 g/mol. The first-order valence-electron chi connectivity index (χ1n) is 6.25. The van der Waals surface area contributed by atoms with Gasteiger partial charge in [0.25, 0.3) is 5.91 Å². The van der Waals surface area contributed by atoms with Crippen LogP contribution < -0.4 is 10.1 Å². The van der Waals surface area contributed by atoms with E-state index in [0.717, 1.165) is 12.2 Å². The second-order valence-corrected chi connectivity index (χ2v) is 4.04. The first-order chi connectivity index (χ1) is 9.29. The third-order valence-electron chi connectivity index (χ3n) is 2.50. The van der Waals surface area contributed by atoms with Crippen molar-refractivity contribution >= 4 is 11.7 Å². The highest BCUT2D eigenvalue weighted by atomic mass is 16.5. The van der Waals surface area contributed by atoms with Gasteiger partial charge in [0.2, 0.25) is 0 Å². The van der Waals surface area contributed by atoms with Crippen molar-refractivity contribution in [2.24, 2.45) is 0 Å². The maximum Gasteiger partial charge on any atom is 0.256 e. The number of amides is 1. The molecule has 0 atom stereocenters. The van der Waals surface area contributed by atoms with Gasteiger partial charge in [-0.25, -0.2) is 4.98 Å². The van der Waals surface area contributed by atoms with Gasteiger partial charge in [-0.05, 0) is 42.8 Å². The Kier molecular flexibility index (Phi) is 4.50. The lowest BCUT2D eigenvalue weighted by atomic mass is 10.2. The molecular weight excluding hydrogens is 240 g/mol. The molecule has 0 spiro atoms. The molecule has 4 heteroatoms. The number of nitrogens with one attached hydrogen (secondary N) is 1. The first-order valence-corrected chi connectivity index (χ1v) is 6.25. The van der Waals surface area contributed by atoms with Gasteiger partial charge in [-0.15, -0.1) is 0 Å². The molecule has 1 heterocycles. The number of benzene rings is 1. The molecule has 1 N–H and O–H groups in total. The predicted octanol–water partition coefficient (Wildman–Crippen LogP) is 3.12. The molecule has 19 heavy (non-hydrogen) atoms. The van der Waals surface area contributed by atoms with Crippen LogP contribution in [-0.2, 0) is 0 Å². The van der Waals surface area contributed by atoms with E-state index in [4.69, 9.17) is 4.74 Å². The van der Waals surface area contributed by atoms with Crippen LogP contribution in [0, 0.1) is 0 Å². The van der Waals surface area contributed by atoms with Crippen molar-refractivity contribution in [1.82, 2.24) is 4.98 Å². The Balaban J connectivity index is 1.99. The fraction of sp³-hybridized carbons (Fsp3) is 0.200. The molecule has 0 saturated carbocycles. The molecule has 0 radical (unpaired) electrons. The van der Waals surface area contributed by atoms with Crippen LogP contribution in [0.4, 0.5) is 5.82 Å². The van der Waals surface area contributed by atoms with Crippen molar-refractivity contribution in [2.45, 2.75) is 13.3 Å². The highest BCUT2D eigenvalue weighted by Gasteiger charge is 2.06. The molecule has 0 bridgehead atoms. The maximum atomic E-state index is 11.9. The Labute approximate surface area is 112 Å². The predicted molar refractivity (Wildman–Crippen MR) is 74.4 cm³/mol. The van der Waals surface area contributed by atoms with Crippen LogP contribution in [0.2, 0.25) is 0 Å². The van der Waals surface area contributed by atoms with Gasteiger partial charge in [-0.3, -0.25) is 4.79 Å². The highest BCUT2D eigenvalue weighted by Crippen LogP contribution is 2.13. The number of ether oxygens (including phenoxy) is 1. The summed E-state index contributed by atoms with van der Waals surface area (Å²) >= 11 is 0. The molecule has 1 aromatic carbocycles. The lowest BCUT2D eigenvalue weighted by Crippen LogP contribution is -2.12. The lowest BCUT2D eigenvalue weighted by Gasteiger charge is -2.06. The fourth-order valence-corrected chi connectivity index (χ4v) is 1.55. The monoisotopic (exact) mass is 256 g/mol. The smallest absolute Gasteiger partial charge is 0.256 e. The summed E-state index contributed by atoms with van der Waals surface area (Å²) in [4.78, 5) is 16.0. The summed E-state index contributed by atoms with van der Waals surface area (Å²) in [5, 5.41) is 2.73. The van der Waals surface area contributed by atoms with Gasteiger partial charge >= 0.3 is 0 Å². The lowest BCUT2D eigenvalue weighted by molar-refractivity contribution is 0.102. The molecule has 0 aliphatic rings. The van der Waals surface area contributed by atoms with Gasteiger partial charge in [0, 0.05) is 11.8 Å². The van der Waals surface area contributed by atoms with E-state index in [0.29, 0.717) is 18.0 Å². The minimum Gasteiger partial charge on any atom is -0.494 e. The normalized spacial score (nSPS) is 9.95. The number of pyridine rings is 1. The summed E-state index contributed by atoms with van der Waals surface area (Å²) in [5.41, 5.74) is 0.578. The maximum absolute atomic E-state index is 11.9. The number of nitrogens with zero attached hydrogens (tertiary/aromatic N) is 1. The van der Waals surface area contributed by atoms with Crippen molar-refractivity contribution in [3.8, 4) is 5.75 Å². The molecule has 0 fully saturated rings. The second-order valence-electron chi connectivity index (χ2n) is 4.04. The summed E-state index contributed by atoms with van der Waals surface area (Å²) in [6.07, 6.45) is 2.60. The molecular formula is C15H16N2O2. The third-order valence-corrected chi connectivity index (χ3v) is 2.50. The summed E-state index contributed by atoms with van der Waals surface area (Å²) < 4.78 is 5.46.